The number of para-hydroxylation sites is 1. The quantitative estimate of drug-likeness (QED) is 0.120. The van der Waals surface area contributed by atoms with E-state index in [-0.39, 0.29) is 18.3 Å². The molecule has 0 aliphatic heterocycles. The molecule has 0 amide bonds. The van der Waals surface area contributed by atoms with E-state index in [0.29, 0.717) is 0 Å². The van der Waals surface area contributed by atoms with Gasteiger partial charge in [0.25, 0.3) is 0 Å². The maximum Gasteiger partial charge on any atom is 0.502 e. The summed E-state index contributed by atoms with van der Waals surface area (Å²) in [4.78, 5) is 4.68. The van der Waals surface area contributed by atoms with Gasteiger partial charge in [0.2, 0.25) is 0 Å². The number of nitrogens with zero attached hydrogens (tertiary/aromatic N) is 1. The Bertz CT molecular complexity index is 701. The van der Waals surface area contributed by atoms with Crippen LogP contribution in [-0.4, -0.2) is 37.9 Å². The van der Waals surface area contributed by atoms with Crippen molar-refractivity contribution in [3.8, 4) is 0 Å². The van der Waals surface area contributed by atoms with Crippen LogP contribution in [0.1, 0.15) is 60.8 Å². The maximum atomic E-state index is 6.49. The zero-order valence-corrected chi connectivity index (χ0v) is 24.4. The third kappa shape index (κ3) is 9.78. The van der Waals surface area contributed by atoms with E-state index in [1.807, 2.05) is 16.9 Å². The van der Waals surface area contributed by atoms with Crippen LogP contribution in [0.2, 0.25) is 6.04 Å². The minimum Gasteiger partial charge on any atom is -0.371 e. The molecule has 1 heterocycles. The maximum absolute atomic E-state index is 6.49. The Morgan fingerprint density at radius 3 is 2.03 bits per heavy atom. The Kier molecular flexibility index (Phi) is 13.3. The third-order valence-corrected chi connectivity index (χ3v) is 15.9. The zero-order chi connectivity index (χ0) is 22.7. The van der Waals surface area contributed by atoms with Gasteiger partial charge in [-0.25, -0.2) is 4.98 Å². The molecule has 31 heavy (non-hydrogen) atoms. The summed E-state index contributed by atoms with van der Waals surface area (Å²) in [5.41, 5.74) is 1.08. The summed E-state index contributed by atoms with van der Waals surface area (Å²) in [6.07, 6.45) is 3.29. The molecule has 1 aromatic heterocycles. The lowest BCUT2D eigenvalue weighted by atomic mass is 10.3. The van der Waals surface area contributed by atoms with Crippen molar-refractivity contribution in [3.05, 3.63) is 24.3 Å². The van der Waals surface area contributed by atoms with E-state index in [4.69, 9.17) is 13.3 Å². The summed E-state index contributed by atoms with van der Waals surface area (Å²) in [5, 5.41) is 0. The topological polar surface area (TPSA) is 40.6 Å². The molecule has 3 unspecified atom stereocenters. The van der Waals surface area contributed by atoms with Crippen molar-refractivity contribution in [2.45, 2.75) is 89.5 Å². The Morgan fingerprint density at radius 2 is 1.48 bits per heavy atom. The number of hydrogen-bond acceptors (Lipinski definition) is 9. The van der Waals surface area contributed by atoms with Gasteiger partial charge in [-0.15, -0.1) is 11.3 Å². The minimum absolute atomic E-state index is 0.140. The van der Waals surface area contributed by atoms with E-state index in [9.17, 15) is 0 Å². The van der Waals surface area contributed by atoms with Crippen LogP contribution in [0.3, 0.4) is 0 Å². The molecule has 0 saturated heterocycles. The largest absolute Gasteiger partial charge is 0.502 e. The third-order valence-electron chi connectivity index (χ3n) is 4.81. The van der Waals surface area contributed by atoms with Gasteiger partial charge in [0.05, 0.1) is 10.2 Å². The number of benzene rings is 1. The van der Waals surface area contributed by atoms with Crippen LogP contribution < -0.4 is 0 Å². The molecule has 0 saturated carbocycles. The molecule has 2 aromatic rings. The molecule has 0 aliphatic carbocycles. The SMILES string of the molecule is CCC(C)O[Si](CCSSSSc1nc2ccccc2s1)(OC(C)CC)OC(C)CC. The Balaban J connectivity index is 1.87. The standard InChI is InChI=1S/C21H35NO3S5Si/c1-7-16(4)23-31(24-17(5)8-2,25-18(6)9-3)15-14-26-29-30-28-21-22-19-12-10-11-13-20(19)27-21/h10-13,16-18H,7-9,14-15H2,1-6H3. The summed E-state index contributed by atoms with van der Waals surface area (Å²) in [7, 11) is 4.37. The van der Waals surface area contributed by atoms with E-state index in [1.54, 1.807) is 41.8 Å². The lowest BCUT2D eigenvalue weighted by molar-refractivity contribution is -0.00961. The molecule has 10 heteroatoms. The fourth-order valence-electron chi connectivity index (χ4n) is 2.58. The van der Waals surface area contributed by atoms with Crippen molar-refractivity contribution < 1.29 is 13.3 Å². The van der Waals surface area contributed by atoms with Crippen LogP contribution in [0.5, 0.6) is 0 Å². The van der Waals surface area contributed by atoms with Crippen molar-refractivity contribution in [2.24, 2.45) is 0 Å². The second kappa shape index (κ2) is 14.8. The van der Waals surface area contributed by atoms with Crippen LogP contribution in [0, 0.1) is 0 Å². The number of thiazole rings is 1. The van der Waals surface area contributed by atoms with E-state index in [1.165, 1.54) is 4.70 Å². The Hall–Kier alpha value is 0.607. The molecule has 0 spiro atoms. The highest BCUT2D eigenvalue weighted by atomic mass is 33.7. The van der Waals surface area contributed by atoms with Gasteiger partial charge in [0, 0.05) is 30.1 Å². The molecule has 176 valence electrons. The van der Waals surface area contributed by atoms with Crippen LogP contribution in [-0.2, 0) is 13.3 Å². The van der Waals surface area contributed by atoms with E-state index < -0.39 is 8.80 Å². The zero-order valence-electron chi connectivity index (χ0n) is 19.3. The summed E-state index contributed by atoms with van der Waals surface area (Å²) in [5.74, 6) is 0.938. The number of aromatic nitrogens is 1. The highest BCUT2D eigenvalue weighted by Gasteiger charge is 2.44. The highest BCUT2D eigenvalue weighted by Crippen LogP contribution is 2.48. The number of hydrogen-bond donors (Lipinski definition) is 0. The average Bonchev–Trinajstić information content (AvgIpc) is 3.18. The molecule has 0 fully saturated rings. The van der Waals surface area contributed by atoms with Gasteiger partial charge in [0.15, 0.2) is 4.34 Å². The number of rotatable bonds is 16. The van der Waals surface area contributed by atoms with Crippen molar-refractivity contribution in [2.75, 3.05) is 5.75 Å². The second-order valence-electron chi connectivity index (χ2n) is 7.43. The summed E-state index contributed by atoms with van der Waals surface area (Å²) in [6, 6.07) is 9.12. The normalized spacial score (nSPS) is 16.8. The molecule has 0 N–H and O–H groups in total. The van der Waals surface area contributed by atoms with Gasteiger partial charge in [0.1, 0.15) is 0 Å². The molecule has 4 nitrogen and oxygen atoms in total. The van der Waals surface area contributed by atoms with E-state index in [2.05, 4.69) is 64.7 Å². The van der Waals surface area contributed by atoms with Crippen molar-refractivity contribution >= 4 is 71.6 Å². The van der Waals surface area contributed by atoms with Gasteiger partial charge in [-0.3, -0.25) is 0 Å². The van der Waals surface area contributed by atoms with Crippen molar-refractivity contribution in [1.29, 1.82) is 0 Å². The van der Waals surface area contributed by atoms with Crippen molar-refractivity contribution in [1.82, 2.24) is 4.98 Å². The molecule has 0 aliphatic rings. The first-order valence-corrected chi connectivity index (χ1v) is 18.7. The molecule has 1 aromatic carbocycles. The molecule has 3 atom stereocenters. The van der Waals surface area contributed by atoms with E-state index >= 15 is 0 Å². The summed E-state index contributed by atoms with van der Waals surface area (Å²) in [6.45, 7) is 12.8. The average molecular weight is 538 g/mol. The molecular weight excluding hydrogens is 503 g/mol. The minimum atomic E-state index is -2.75. The summed E-state index contributed by atoms with van der Waals surface area (Å²) < 4.78 is 21.8. The van der Waals surface area contributed by atoms with Crippen LogP contribution >= 0.6 is 52.6 Å². The fourth-order valence-corrected chi connectivity index (χ4v) is 14.3. The first-order chi connectivity index (χ1) is 14.9. The first-order valence-electron chi connectivity index (χ1n) is 10.9. The lowest BCUT2D eigenvalue weighted by Gasteiger charge is -2.36. The predicted octanol–water partition coefficient (Wildman–Crippen LogP) is 8.72. The van der Waals surface area contributed by atoms with Gasteiger partial charge in [-0.05, 0) is 82.6 Å². The monoisotopic (exact) mass is 537 g/mol. The van der Waals surface area contributed by atoms with Crippen LogP contribution in [0.4, 0.5) is 0 Å². The first kappa shape index (κ1) is 27.8. The van der Waals surface area contributed by atoms with Crippen LogP contribution in [0.15, 0.2) is 28.6 Å². The fraction of sp³-hybridized carbons (Fsp3) is 0.667. The van der Waals surface area contributed by atoms with Gasteiger partial charge >= 0.3 is 8.80 Å². The summed E-state index contributed by atoms with van der Waals surface area (Å²) >= 11 is 1.75. The Morgan fingerprint density at radius 1 is 0.903 bits per heavy atom. The van der Waals surface area contributed by atoms with Crippen molar-refractivity contribution in [3.63, 3.8) is 0 Å². The highest BCUT2D eigenvalue weighted by molar-refractivity contribution is 9.26. The van der Waals surface area contributed by atoms with E-state index in [0.717, 1.165) is 40.9 Å². The van der Waals surface area contributed by atoms with Gasteiger partial charge in [-0.1, -0.05) is 43.7 Å². The lowest BCUT2D eigenvalue weighted by Crippen LogP contribution is -2.51. The molecule has 2 rings (SSSR count). The molecule has 0 radical (unpaired) electrons. The number of fused-ring (bicyclic) bond motifs is 1. The van der Waals surface area contributed by atoms with Gasteiger partial charge in [-0.2, -0.15) is 0 Å². The van der Waals surface area contributed by atoms with Gasteiger partial charge < -0.3 is 13.3 Å². The molecule has 0 bridgehead atoms. The second-order valence-corrected chi connectivity index (χ2v) is 17.2. The van der Waals surface area contributed by atoms with Crippen LogP contribution in [0.25, 0.3) is 10.2 Å². The molecular formula is C21H35NO3S5Si. The smallest absolute Gasteiger partial charge is 0.371 e. The Labute approximate surface area is 208 Å². The predicted molar refractivity (Wildman–Crippen MR) is 146 cm³/mol.